The van der Waals surface area contributed by atoms with Gasteiger partial charge in [0.2, 0.25) is 0 Å². The lowest BCUT2D eigenvalue weighted by atomic mass is 9.67. The monoisotopic (exact) mass is 544 g/mol. The van der Waals surface area contributed by atoms with E-state index in [0.717, 1.165) is 34.2 Å². The molecule has 0 saturated carbocycles. The van der Waals surface area contributed by atoms with Crippen molar-refractivity contribution in [3.8, 4) is 44.9 Å². The van der Waals surface area contributed by atoms with Crippen molar-refractivity contribution in [1.29, 1.82) is 0 Å². The lowest BCUT2D eigenvalue weighted by Crippen LogP contribution is -2.30. The number of phenols is 2. The standard InChI is InChI=1S/C40H32O2/c1-26-23-28(19-21-38(26)41)31-12-5-6-14-33(31)32-13-4-3-11-29(32)25-40(30-20-22-39(42)27(2)24-30)36-17-9-7-15-34(36)35-16-8-10-18-37(35)40/h3-24,41-42H,25H2,1-2H3. The third kappa shape index (κ3) is 4.02. The molecule has 0 fully saturated rings. The van der Waals surface area contributed by atoms with Gasteiger partial charge in [-0.3, -0.25) is 0 Å². The number of fused-ring (bicyclic) bond motifs is 3. The first-order chi connectivity index (χ1) is 20.5. The molecule has 0 heterocycles. The Labute approximate surface area is 247 Å². The van der Waals surface area contributed by atoms with E-state index in [1.165, 1.54) is 38.9 Å². The van der Waals surface area contributed by atoms with Crippen LogP contribution in [0.1, 0.15) is 33.4 Å². The predicted molar refractivity (Wildman–Crippen MR) is 172 cm³/mol. The summed E-state index contributed by atoms with van der Waals surface area (Å²) in [6.45, 7) is 3.91. The van der Waals surface area contributed by atoms with Crippen molar-refractivity contribution in [2.75, 3.05) is 0 Å². The second kappa shape index (κ2) is 10.1. The Morgan fingerprint density at radius 2 is 0.976 bits per heavy atom. The second-order valence-corrected chi connectivity index (χ2v) is 11.4. The summed E-state index contributed by atoms with van der Waals surface area (Å²) in [6, 6.07) is 46.7. The molecule has 0 saturated heterocycles. The molecule has 6 aromatic rings. The van der Waals surface area contributed by atoms with Gasteiger partial charge < -0.3 is 10.2 Å². The van der Waals surface area contributed by atoms with Crippen LogP contribution in [0.2, 0.25) is 0 Å². The summed E-state index contributed by atoms with van der Waals surface area (Å²) >= 11 is 0. The summed E-state index contributed by atoms with van der Waals surface area (Å²) in [5, 5.41) is 20.7. The molecule has 42 heavy (non-hydrogen) atoms. The first-order valence-corrected chi connectivity index (χ1v) is 14.4. The van der Waals surface area contributed by atoms with Crippen LogP contribution in [0.15, 0.2) is 133 Å². The molecule has 0 spiro atoms. The van der Waals surface area contributed by atoms with E-state index in [1.807, 2.05) is 26.0 Å². The molecule has 1 aliphatic rings. The van der Waals surface area contributed by atoms with Gasteiger partial charge in [-0.2, -0.15) is 0 Å². The molecule has 6 aromatic carbocycles. The molecule has 2 heteroatoms. The molecule has 0 atom stereocenters. The number of phenolic OH excluding ortho intramolecular Hbond substituents is 2. The Morgan fingerprint density at radius 3 is 1.60 bits per heavy atom. The fourth-order valence-corrected chi connectivity index (χ4v) is 6.87. The van der Waals surface area contributed by atoms with E-state index in [9.17, 15) is 10.2 Å². The van der Waals surface area contributed by atoms with E-state index in [2.05, 4.69) is 115 Å². The molecule has 0 unspecified atom stereocenters. The van der Waals surface area contributed by atoms with Crippen molar-refractivity contribution < 1.29 is 10.2 Å². The summed E-state index contributed by atoms with van der Waals surface area (Å²) in [4.78, 5) is 0. The minimum atomic E-state index is -0.439. The van der Waals surface area contributed by atoms with Crippen LogP contribution in [0, 0.1) is 13.8 Å². The van der Waals surface area contributed by atoms with Crippen molar-refractivity contribution in [2.24, 2.45) is 0 Å². The van der Waals surface area contributed by atoms with Gasteiger partial charge in [0.15, 0.2) is 0 Å². The number of hydrogen-bond acceptors (Lipinski definition) is 2. The number of rotatable bonds is 5. The smallest absolute Gasteiger partial charge is 0.118 e. The average Bonchev–Trinajstić information content (AvgIpc) is 3.31. The zero-order valence-corrected chi connectivity index (χ0v) is 23.8. The molecular weight excluding hydrogens is 512 g/mol. The van der Waals surface area contributed by atoms with Gasteiger partial charge in [0.25, 0.3) is 0 Å². The minimum absolute atomic E-state index is 0.307. The van der Waals surface area contributed by atoms with Crippen LogP contribution in [-0.2, 0) is 11.8 Å². The quantitative estimate of drug-likeness (QED) is 0.227. The van der Waals surface area contributed by atoms with Gasteiger partial charge in [-0.05, 0) is 105 Å². The van der Waals surface area contributed by atoms with E-state index in [1.54, 1.807) is 6.07 Å². The number of hydrogen-bond donors (Lipinski definition) is 2. The van der Waals surface area contributed by atoms with Gasteiger partial charge in [-0.25, -0.2) is 0 Å². The average molecular weight is 545 g/mol. The molecule has 204 valence electrons. The van der Waals surface area contributed by atoms with Crippen LogP contribution in [0.4, 0.5) is 0 Å². The largest absolute Gasteiger partial charge is 0.508 e. The van der Waals surface area contributed by atoms with Crippen LogP contribution in [-0.4, -0.2) is 10.2 Å². The van der Waals surface area contributed by atoms with E-state index in [4.69, 9.17) is 0 Å². The van der Waals surface area contributed by atoms with Crippen molar-refractivity contribution in [3.63, 3.8) is 0 Å². The molecule has 2 nitrogen and oxygen atoms in total. The highest BCUT2D eigenvalue weighted by Crippen LogP contribution is 2.55. The highest BCUT2D eigenvalue weighted by molar-refractivity contribution is 5.87. The van der Waals surface area contributed by atoms with Gasteiger partial charge in [0, 0.05) is 0 Å². The number of aryl methyl sites for hydroxylation is 2. The molecule has 0 aromatic heterocycles. The summed E-state index contributed by atoms with van der Waals surface area (Å²) in [5.74, 6) is 0.619. The van der Waals surface area contributed by atoms with E-state index in [-0.39, 0.29) is 0 Å². The SMILES string of the molecule is Cc1cc(-c2ccccc2-c2ccccc2CC2(c3ccc(O)c(C)c3)c3ccccc3-c3ccccc32)ccc1O. The van der Waals surface area contributed by atoms with Crippen molar-refractivity contribution in [1.82, 2.24) is 0 Å². The van der Waals surface area contributed by atoms with Gasteiger partial charge in [-0.15, -0.1) is 0 Å². The van der Waals surface area contributed by atoms with Crippen molar-refractivity contribution in [3.05, 3.63) is 167 Å². The van der Waals surface area contributed by atoms with E-state index in [0.29, 0.717) is 11.5 Å². The lowest BCUT2D eigenvalue weighted by Gasteiger charge is -2.34. The molecule has 0 radical (unpaired) electrons. The normalized spacial score (nSPS) is 13.0. The highest BCUT2D eigenvalue weighted by Gasteiger charge is 2.45. The number of benzene rings is 6. The topological polar surface area (TPSA) is 40.5 Å². The molecule has 2 N–H and O–H groups in total. The minimum Gasteiger partial charge on any atom is -0.508 e. The summed E-state index contributed by atoms with van der Waals surface area (Å²) in [6.07, 6.45) is 0.754. The van der Waals surface area contributed by atoms with Gasteiger partial charge in [0.1, 0.15) is 11.5 Å². The van der Waals surface area contributed by atoms with E-state index >= 15 is 0 Å². The maximum Gasteiger partial charge on any atom is 0.118 e. The van der Waals surface area contributed by atoms with Crippen LogP contribution in [0.3, 0.4) is 0 Å². The van der Waals surface area contributed by atoms with Crippen LogP contribution >= 0.6 is 0 Å². The summed E-state index contributed by atoms with van der Waals surface area (Å²) in [5.41, 5.74) is 13.4. The Balaban J connectivity index is 1.47. The summed E-state index contributed by atoms with van der Waals surface area (Å²) in [7, 11) is 0. The zero-order valence-electron chi connectivity index (χ0n) is 23.8. The third-order valence-corrected chi connectivity index (χ3v) is 8.95. The Bertz CT molecular complexity index is 1920. The molecule has 0 amide bonds. The highest BCUT2D eigenvalue weighted by atomic mass is 16.3. The van der Waals surface area contributed by atoms with Gasteiger partial charge >= 0.3 is 0 Å². The summed E-state index contributed by atoms with van der Waals surface area (Å²) < 4.78 is 0. The van der Waals surface area contributed by atoms with Gasteiger partial charge in [-0.1, -0.05) is 115 Å². The van der Waals surface area contributed by atoms with Crippen molar-refractivity contribution >= 4 is 0 Å². The maximum atomic E-state index is 10.5. The Morgan fingerprint density at radius 1 is 0.476 bits per heavy atom. The second-order valence-electron chi connectivity index (χ2n) is 11.4. The van der Waals surface area contributed by atoms with Crippen molar-refractivity contribution in [2.45, 2.75) is 25.7 Å². The molecule has 1 aliphatic carbocycles. The first kappa shape index (κ1) is 25.9. The van der Waals surface area contributed by atoms with E-state index < -0.39 is 5.41 Å². The molecule has 0 aliphatic heterocycles. The first-order valence-electron chi connectivity index (χ1n) is 14.4. The zero-order chi connectivity index (χ0) is 28.8. The van der Waals surface area contributed by atoms with Crippen LogP contribution < -0.4 is 0 Å². The maximum absolute atomic E-state index is 10.5. The fourth-order valence-electron chi connectivity index (χ4n) is 6.87. The molecular formula is C40H32O2. The van der Waals surface area contributed by atoms with Gasteiger partial charge in [0.05, 0.1) is 5.41 Å². The van der Waals surface area contributed by atoms with Crippen LogP contribution in [0.25, 0.3) is 33.4 Å². The fraction of sp³-hybridized carbons (Fsp3) is 0.100. The Kier molecular flexibility index (Phi) is 6.21. The molecule has 0 bridgehead atoms. The predicted octanol–water partition coefficient (Wildman–Crippen LogP) is 9.61. The van der Waals surface area contributed by atoms with Crippen LogP contribution in [0.5, 0.6) is 11.5 Å². The molecule has 7 rings (SSSR count). The third-order valence-electron chi connectivity index (χ3n) is 8.95. The lowest BCUT2D eigenvalue weighted by molar-refractivity contribution is 0.470. The number of aromatic hydroxyl groups is 2. The Hall–Kier alpha value is -5.08.